The third-order valence-corrected chi connectivity index (χ3v) is 4.46. The van der Waals surface area contributed by atoms with Crippen LogP contribution in [0.5, 0.6) is 0 Å². The Balaban J connectivity index is 2.01. The minimum Gasteiger partial charge on any atom is -0.387 e. The van der Waals surface area contributed by atoms with Crippen LogP contribution < -0.4 is 0 Å². The van der Waals surface area contributed by atoms with E-state index < -0.39 is 0 Å². The summed E-state index contributed by atoms with van der Waals surface area (Å²) in [4.78, 5) is 2.47. The number of hydrogen-bond donors (Lipinski definition) is 1. The van der Waals surface area contributed by atoms with E-state index in [9.17, 15) is 5.11 Å². The Kier molecular flexibility index (Phi) is 5.62. The monoisotopic (exact) mass is 275 g/mol. The van der Waals surface area contributed by atoms with Crippen molar-refractivity contribution >= 4 is 0 Å². The largest absolute Gasteiger partial charge is 0.387 e. The molecule has 2 nitrogen and oxygen atoms in total. The van der Waals surface area contributed by atoms with E-state index >= 15 is 0 Å². The van der Waals surface area contributed by atoms with Gasteiger partial charge in [-0.25, -0.2) is 0 Å². The van der Waals surface area contributed by atoms with Crippen molar-refractivity contribution in [3.8, 4) is 0 Å². The summed E-state index contributed by atoms with van der Waals surface area (Å²) in [6, 6.07) is 8.64. The maximum Gasteiger partial charge on any atom is 0.0942 e. The standard InChI is InChI=1S/C18H29NO/c1-4-12-19(13-16-6-7-16)14(3)18(20)17-10-8-15(5-2)9-11-17/h8-11,14,16,18,20H,4-7,12-13H2,1-3H3. The Morgan fingerprint density at radius 1 is 1.20 bits per heavy atom. The Hall–Kier alpha value is -0.860. The van der Waals surface area contributed by atoms with Gasteiger partial charge in [-0.1, -0.05) is 38.1 Å². The van der Waals surface area contributed by atoms with E-state index in [2.05, 4.69) is 49.9 Å². The molecular formula is C18H29NO. The number of rotatable bonds is 8. The van der Waals surface area contributed by atoms with Crippen molar-refractivity contribution in [2.75, 3.05) is 13.1 Å². The lowest BCUT2D eigenvalue weighted by atomic mass is 10.00. The number of aliphatic hydroxyl groups is 1. The number of benzene rings is 1. The van der Waals surface area contributed by atoms with Crippen molar-refractivity contribution in [2.45, 2.75) is 58.6 Å². The summed E-state index contributed by atoms with van der Waals surface area (Å²) < 4.78 is 0. The highest BCUT2D eigenvalue weighted by Gasteiger charge is 2.29. The summed E-state index contributed by atoms with van der Waals surface area (Å²) in [6.07, 6.45) is 4.56. The number of aryl methyl sites for hydroxylation is 1. The Morgan fingerprint density at radius 2 is 1.85 bits per heavy atom. The molecule has 0 spiro atoms. The van der Waals surface area contributed by atoms with Crippen LogP contribution in [0.2, 0.25) is 0 Å². The molecule has 1 fully saturated rings. The Morgan fingerprint density at radius 3 is 2.35 bits per heavy atom. The molecule has 0 bridgehead atoms. The van der Waals surface area contributed by atoms with E-state index in [1.165, 1.54) is 18.4 Å². The third kappa shape index (κ3) is 4.07. The summed E-state index contributed by atoms with van der Waals surface area (Å²) in [5.74, 6) is 0.874. The second-order valence-corrected chi connectivity index (χ2v) is 6.22. The zero-order valence-corrected chi connectivity index (χ0v) is 13.2. The maximum absolute atomic E-state index is 10.6. The molecular weight excluding hydrogens is 246 g/mol. The number of aliphatic hydroxyl groups excluding tert-OH is 1. The molecule has 2 rings (SSSR count). The average molecular weight is 275 g/mol. The molecule has 0 saturated heterocycles. The van der Waals surface area contributed by atoms with Crippen molar-refractivity contribution in [1.29, 1.82) is 0 Å². The van der Waals surface area contributed by atoms with Crippen molar-refractivity contribution < 1.29 is 5.11 Å². The molecule has 1 aliphatic rings. The SMILES string of the molecule is CCCN(CC1CC1)C(C)C(O)c1ccc(CC)cc1. The van der Waals surface area contributed by atoms with Crippen LogP contribution in [0.3, 0.4) is 0 Å². The lowest BCUT2D eigenvalue weighted by Gasteiger charge is -2.32. The summed E-state index contributed by atoms with van der Waals surface area (Å²) in [5, 5.41) is 10.6. The third-order valence-electron chi connectivity index (χ3n) is 4.46. The molecule has 2 heteroatoms. The highest BCUT2D eigenvalue weighted by atomic mass is 16.3. The molecule has 0 radical (unpaired) electrons. The summed E-state index contributed by atoms with van der Waals surface area (Å²) in [5.41, 5.74) is 2.38. The van der Waals surface area contributed by atoms with Crippen molar-refractivity contribution in [1.82, 2.24) is 4.90 Å². The first kappa shape index (κ1) is 15.5. The van der Waals surface area contributed by atoms with Crippen LogP contribution in [0.1, 0.15) is 57.3 Å². The first-order valence-corrected chi connectivity index (χ1v) is 8.16. The van der Waals surface area contributed by atoms with Gasteiger partial charge in [0.1, 0.15) is 0 Å². The van der Waals surface area contributed by atoms with E-state index in [0.29, 0.717) is 0 Å². The van der Waals surface area contributed by atoms with Gasteiger partial charge < -0.3 is 5.11 Å². The van der Waals surface area contributed by atoms with Gasteiger partial charge in [0, 0.05) is 12.6 Å². The minimum absolute atomic E-state index is 0.197. The second kappa shape index (κ2) is 7.24. The number of hydrogen-bond acceptors (Lipinski definition) is 2. The van der Waals surface area contributed by atoms with Gasteiger partial charge in [0.2, 0.25) is 0 Å². The Bertz CT molecular complexity index is 396. The Labute approximate surface area is 123 Å². The lowest BCUT2D eigenvalue weighted by molar-refractivity contribution is 0.0549. The van der Waals surface area contributed by atoms with Crippen LogP contribution in [0, 0.1) is 5.92 Å². The fourth-order valence-corrected chi connectivity index (χ4v) is 2.81. The topological polar surface area (TPSA) is 23.5 Å². The molecule has 2 atom stereocenters. The van der Waals surface area contributed by atoms with Gasteiger partial charge in [-0.05, 0) is 56.2 Å². The highest BCUT2D eigenvalue weighted by Crippen LogP contribution is 2.32. The zero-order valence-electron chi connectivity index (χ0n) is 13.2. The maximum atomic E-state index is 10.6. The molecule has 1 aromatic carbocycles. The van der Waals surface area contributed by atoms with Gasteiger partial charge in [-0.3, -0.25) is 4.90 Å². The van der Waals surface area contributed by atoms with Crippen LogP contribution in [0.15, 0.2) is 24.3 Å². The molecule has 112 valence electrons. The van der Waals surface area contributed by atoms with Gasteiger partial charge in [-0.2, -0.15) is 0 Å². The van der Waals surface area contributed by atoms with Crippen LogP contribution in [0.25, 0.3) is 0 Å². The fraction of sp³-hybridized carbons (Fsp3) is 0.667. The van der Waals surface area contributed by atoms with E-state index in [-0.39, 0.29) is 12.1 Å². The molecule has 0 amide bonds. The molecule has 0 aliphatic heterocycles. The van der Waals surface area contributed by atoms with Gasteiger partial charge in [0.05, 0.1) is 6.10 Å². The number of nitrogens with zero attached hydrogens (tertiary/aromatic N) is 1. The van der Waals surface area contributed by atoms with Gasteiger partial charge in [0.25, 0.3) is 0 Å². The zero-order chi connectivity index (χ0) is 14.5. The van der Waals surface area contributed by atoms with Crippen LogP contribution in [-0.4, -0.2) is 29.1 Å². The van der Waals surface area contributed by atoms with Gasteiger partial charge in [-0.15, -0.1) is 0 Å². The first-order valence-electron chi connectivity index (χ1n) is 8.16. The van der Waals surface area contributed by atoms with E-state index in [4.69, 9.17) is 0 Å². The van der Waals surface area contributed by atoms with Crippen LogP contribution >= 0.6 is 0 Å². The van der Waals surface area contributed by atoms with E-state index in [1.54, 1.807) is 0 Å². The fourth-order valence-electron chi connectivity index (χ4n) is 2.81. The van der Waals surface area contributed by atoms with E-state index in [0.717, 1.165) is 37.4 Å². The van der Waals surface area contributed by atoms with Gasteiger partial charge >= 0.3 is 0 Å². The second-order valence-electron chi connectivity index (χ2n) is 6.22. The van der Waals surface area contributed by atoms with Gasteiger partial charge in [0.15, 0.2) is 0 Å². The summed E-state index contributed by atoms with van der Waals surface area (Å²) >= 11 is 0. The minimum atomic E-state index is -0.383. The molecule has 1 aliphatic carbocycles. The van der Waals surface area contributed by atoms with Crippen molar-refractivity contribution in [2.24, 2.45) is 5.92 Å². The quantitative estimate of drug-likeness (QED) is 0.780. The molecule has 1 N–H and O–H groups in total. The molecule has 1 aromatic rings. The smallest absolute Gasteiger partial charge is 0.0942 e. The van der Waals surface area contributed by atoms with E-state index in [1.807, 2.05) is 0 Å². The lowest BCUT2D eigenvalue weighted by Crippen LogP contribution is -2.39. The molecule has 1 saturated carbocycles. The molecule has 0 aromatic heterocycles. The van der Waals surface area contributed by atoms with Crippen molar-refractivity contribution in [3.63, 3.8) is 0 Å². The average Bonchev–Trinajstić information content (AvgIpc) is 3.29. The molecule has 20 heavy (non-hydrogen) atoms. The van der Waals surface area contributed by atoms with Crippen LogP contribution in [0.4, 0.5) is 0 Å². The molecule has 2 unspecified atom stereocenters. The predicted molar refractivity (Wildman–Crippen MR) is 84.8 cm³/mol. The van der Waals surface area contributed by atoms with Crippen molar-refractivity contribution in [3.05, 3.63) is 35.4 Å². The first-order chi connectivity index (χ1) is 9.65. The highest BCUT2D eigenvalue weighted by molar-refractivity contribution is 5.25. The van der Waals surface area contributed by atoms with Crippen LogP contribution in [-0.2, 0) is 6.42 Å². The summed E-state index contributed by atoms with van der Waals surface area (Å²) in [7, 11) is 0. The normalized spacial score (nSPS) is 18.2. The molecule has 0 heterocycles. The summed E-state index contributed by atoms with van der Waals surface area (Å²) in [6.45, 7) is 8.78. The predicted octanol–water partition coefficient (Wildman–Crippen LogP) is 3.79.